The number of Topliss-reactive ketones (excluding diaryl/α,β-unsaturated/α-hetero) is 1. The summed E-state index contributed by atoms with van der Waals surface area (Å²) in [6.45, 7) is 0.506. The van der Waals surface area contributed by atoms with E-state index in [1.54, 1.807) is 41.3 Å². The standard InChI is InChI=1S/C19H18ClNO3/c20-15-8-10-16(11-9-15)24-13-18(22)21-12-4-7-17(21)19(23)14-5-2-1-3-6-14/h1-3,5-6,8-11,17H,4,7,12-13H2. The largest absolute Gasteiger partial charge is 0.484 e. The first-order valence-corrected chi connectivity index (χ1v) is 8.30. The maximum atomic E-state index is 12.6. The first-order chi connectivity index (χ1) is 11.6. The van der Waals surface area contributed by atoms with Crippen molar-refractivity contribution in [2.45, 2.75) is 18.9 Å². The summed E-state index contributed by atoms with van der Waals surface area (Å²) < 4.78 is 5.51. The van der Waals surface area contributed by atoms with Gasteiger partial charge in [-0.25, -0.2) is 0 Å². The average Bonchev–Trinajstić information content (AvgIpc) is 3.11. The maximum absolute atomic E-state index is 12.6. The predicted octanol–water partition coefficient (Wildman–Crippen LogP) is 3.59. The Morgan fingerprint density at radius 1 is 1.08 bits per heavy atom. The molecule has 5 heteroatoms. The van der Waals surface area contributed by atoms with Gasteiger partial charge in [-0.2, -0.15) is 0 Å². The number of hydrogen-bond acceptors (Lipinski definition) is 3. The number of amides is 1. The molecule has 0 bridgehead atoms. The highest BCUT2D eigenvalue weighted by atomic mass is 35.5. The second-order valence-corrected chi connectivity index (χ2v) is 6.15. The summed E-state index contributed by atoms with van der Waals surface area (Å²) in [6, 6.07) is 15.6. The lowest BCUT2D eigenvalue weighted by atomic mass is 10.0. The van der Waals surface area contributed by atoms with Crippen LogP contribution in [0.25, 0.3) is 0 Å². The average molecular weight is 344 g/mol. The molecule has 1 saturated heterocycles. The first-order valence-electron chi connectivity index (χ1n) is 7.92. The number of likely N-dealkylation sites (tertiary alicyclic amines) is 1. The minimum absolute atomic E-state index is 0.00653. The van der Waals surface area contributed by atoms with Gasteiger partial charge in [0.2, 0.25) is 0 Å². The summed E-state index contributed by atoms with van der Waals surface area (Å²) in [6.07, 6.45) is 1.52. The van der Waals surface area contributed by atoms with E-state index in [0.717, 1.165) is 6.42 Å². The zero-order valence-corrected chi connectivity index (χ0v) is 13.9. The van der Waals surface area contributed by atoms with Crippen LogP contribution < -0.4 is 4.74 Å². The van der Waals surface area contributed by atoms with E-state index in [1.165, 1.54) is 0 Å². The number of carbonyl (C=O) groups excluding carboxylic acids is 2. The molecule has 1 aliphatic rings. The van der Waals surface area contributed by atoms with E-state index in [1.807, 2.05) is 18.2 Å². The number of carbonyl (C=O) groups is 2. The summed E-state index contributed by atoms with van der Waals surface area (Å²) in [5, 5.41) is 0.613. The number of halogens is 1. The zero-order valence-electron chi connectivity index (χ0n) is 13.2. The molecule has 2 aromatic carbocycles. The SMILES string of the molecule is O=C(c1ccccc1)C1CCCN1C(=O)COc1ccc(Cl)cc1. The van der Waals surface area contributed by atoms with Gasteiger partial charge in [0.05, 0.1) is 6.04 Å². The van der Waals surface area contributed by atoms with Crippen molar-refractivity contribution in [1.29, 1.82) is 0 Å². The number of ether oxygens (including phenoxy) is 1. The Labute approximate surface area is 146 Å². The molecule has 1 heterocycles. The van der Waals surface area contributed by atoms with Crippen LogP contribution in [-0.2, 0) is 4.79 Å². The molecule has 1 atom stereocenters. The van der Waals surface area contributed by atoms with Crippen LogP contribution in [0.15, 0.2) is 54.6 Å². The molecular formula is C19H18ClNO3. The summed E-state index contributed by atoms with van der Waals surface area (Å²) in [4.78, 5) is 26.7. The lowest BCUT2D eigenvalue weighted by Gasteiger charge is -2.23. The predicted molar refractivity (Wildman–Crippen MR) is 92.5 cm³/mol. The molecular weight excluding hydrogens is 326 g/mol. The Balaban J connectivity index is 1.63. The Kier molecular flexibility index (Phi) is 5.16. The quantitative estimate of drug-likeness (QED) is 0.779. The Bertz CT molecular complexity index is 715. The van der Waals surface area contributed by atoms with Gasteiger partial charge in [0, 0.05) is 17.1 Å². The molecule has 1 fully saturated rings. The van der Waals surface area contributed by atoms with Crippen LogP contribution in [0.4, 0.5) is 0 Å². The fourth-order valence-corrected chi connectivity index (χ4v) is 3.02. The molecule has 0 aromatic heterocycles. The van der Waals surface area contributed by atoms with E-state index in [0.29, 0.717) is 29.3 Å². The van der Waals surface area contributed by atoms with Crippen molar-refractivity contribution >= 4 is 23.3 Å². The summed E-state index contributed by atoms with van der Waals surface area (Å²) in [5.41, 5.74) is 0.640. The highest BCUT2D eigenvalue weighted by Crippen LogP contribution is 2.22. The Morgan fingerprint density at radius 2 is 1.79 bits per heavy atom. The van der Waals surface area contributed by atoms with E-state index in [9.17, 15) is 9.59 Å². The molecule has 0 saturated carbocycles. The molecule has 2 aromatic rings. The van der Waals surface area contributed by atoms with Gasteiger partial charge in [-0.3, -0.25) is 9.59 Å². The van der Waals surface area contributed by atoms with Crippen molar-refractivity contribution < 1.29 is 14.3 Å². The lowest BCUT2D eigenvalue weighted by molar-refractivity contribution is -0.133. The molecule has 124 valence electrons. The molecule has 1 aliphatic heterocycles. The highest BCUT2D eigenvalue weighted by Gasteiger charge is 2.34. The summed E-state index contributed by atoms with van der Waals surface area (Å²) in [7, 11) is 0. The van der Waals surface area contributed by atoms with E-state index < -0.39 is 6.04 Å². The van der Waals surface area contributed by atoms with Gasteiger partial charge >= 0.3 is 0 Å². The van der Waals surface area contributed by atoms with Crippen molar-refractivity contribution in [2.24, 2.45) is 0 Å². The highest BCUT2D eigenvalue weighted by molar-refractivity contribution is 6.30. The third-order valence-electron chi connectivity index (χ3n) is 4.11. The molecule has 3 rings (SSSR count). The molecule has 4 nitrogen and oxygen atoms in total. The van der Waals surface area contributed by atoms with Crippen LogP contribution in [0.5, 0.6) is 5.75 Å². The Morgan fingerprint density at radius 3 is 2.50 bits per heavy atom. The van der Waals surface area contributed by atoms with Gasteiger partial charge in [0.15, 0.2) is 12.4 Å². The van der Waals surface area contributed by atoms with Gasteiger partial charge in [-0.1, -0.05) is 41.9 Å². The molecule has 0 spiro atoms. The van der Waals surface area contributed by atoms with Gasteiger partial charge in [-0.05, 0) is 37.1 Å². The van der Waals surface area contributed by atoms with Gasteiger partial charge in [-0.15, -0.1) is 0 Å². The minimum atomic E-state index is -0.395. The van der Waals surface area contributed by atoms with Crippen molar-refractivity contribution in [3.8, 4) is 5.75 Å². The molecule has 0 aliphatic carbocycles. The van der Waals surface area contributed by atoms with Crippen LogP contribution in [0, 0.1) is 0 Å². The second kappa shape index (κ2) is 7.49. The molecule has 24 heavy (non-hydrogen) atoms. The summed E-state index contributed by atoms with van der Waals surface area (Å²) in [5.74, 6) is 0.405. The maximum Gasteiger partial charge on any atom is 0.261 e. The second-order valence-electron chi connectivity index (χ2n) is 5.72. The summed E-state index contributed by atoms with van der Waals surface area (Å²) >= 11 is 5.82. The third-order valence-corrected chi connectivity index (χ3v) is 4.36. The van der Waals surface area contributed by atoms with Crippen LogP contribution in [0.2, 0.25) is 5.02 Å². The lowest BCUT2D eigenvalue weighted by Crippen LogP contribution is -2.42. The molecule has 1 unspecified atom stereocenters. The van der Waals surface area contributed by atoms with Crippen molar-refractivity contribution in [1.82, 2.24) is 4.90 Å². The van der Waals surface area contributed by atoms with Crippen LogP contribution >= 0.6 is 11.6 Å². The Hall–Kier alpha value is -2.33. The number of hydrogen-bond donors (Lipinski definition) is 0. The van der Waals surface area contributed by atoms with E-state index in [4.69, 9.17) is 16.3 Å². The van der Waals surface area contributed by atoms with Gasteiger partial charge < -0.3 is 9.64 Å². The third kappa shape index (κ3) is 3.77. The monoisotopic (exact) mass is 343 g/mol. The van der Waals surface area contributed by atoms with Crippen molar-refractivity contribution in [2.75, 3.05) is 13.2 Å². The van der Waals surface area contributed by atoms with E-state index in [-0.39, 0.29) is 18.3 Å². The van der Waals surface area contributed by atoms with Gasteiger partial charge in [0.25, 0.3) is 5.91 Å². The van der Waals surface area contributed by atoms with E-state index >= 15 is 0 Å². The van der Waals surface area contributed by atoms with Crippen LogP contribution in [-0.4, -0.2) is 35.8 Å². The van der Waals surface area contributed by atoms with E-state index in [2.05, 4.69) is 0 Å². The van der Waals surface area contributed by atoms with Crippen molar-refractivity contribution in [3.05, 3.63) is 65.2 Å². The normalized spacial score (nSPS) is 16.9. The van der Waals surface area contributed by atoms with Gasteiger partial charge in [0.1, 0.15) is 5.75 Å². The number of benzene rings is 2. The minimum Gasteiger partial charge on any atom is -0.484 e. The van der Waals surface area contributed by atoms with Crippen LogP contribution in [0.1, 0.15) is 23.2 Å². The smallest absolute Gasteiger partial charge is 0.261 e. The fraction of sp³-hybridized carbons (Fsp3) is 0.263. The number of nitrogens with zero attached hydrogens (tertiary/aromatic N) is 1. The number of rotatable bonds is 5. The molecule has 0 radical (unpaired) electrons. The molecule has 0 N–H and O–H groups in total. The number of ketones is 1. The van der Waals surface area contributed by atoms with Crippen LogP contribution in [0.3, 0.4) is 0 Å². The fourth-order valence-electron chi connectivity index (χ4n) is 2.89. The van der Waals surface area contributed by atoms with Crippen molar-refractivity contribution in [3.63, 3.8) is 0 Å². The first kappa shape index (κ1) is 16.5. The topological polar surface area (TPSA) is 46.6 Å². The zero-order chi connectivity index (χ0) is 16.9. The molecule has 1 amide bonds.